The van der Waals surface area contributed by atoms with Crippen molar-refractivity contribution in [1.82, 2.24) is 8.87 Å². The summed E-state index contributed by atoms with van der Waals surface area (Å²) in [5.41, 5.74) is 2.17. The fourth-order valence-corrected chi connectivity index (χ4v) is 6.27. The van der Waals surface area contributed by atoms with Gasteiger partial charge in [0.1, 0.15) is 0 Å². The largest absolute Gasteiger partial charge is 0.380 e. The highest BCUT2D eigenvalue weighted by atomic mass is 35.5. The van der Waals surface area contributed by atoms with Gasteiger partial charge in [-0.1, -0.05) is 36.8 Å². The fourth-order valence-electron chi connectivity index (χ4n) is 3.54. The second kappa shape index (κ2) is 10.9. The van der Waals surface area contributed by atoms with Crippen LogP contribution in [0.4, 0.5) is 0 Å². The van der Waals surface area contributed by atoms with Crippen molar-refractivity contribution >= 4 is 49.1 Å². The number of ether oxygens (including phenoxy) is 1. The molecule has 0 radical (unpaired) electrons. The van der Waals surface area contributed by atoms with E-state index >= 15 is 0 Å². The average molecular weight is 510 g/mol. The van der Waals surface area contributed by atoms with Crippen molar-refractivity contribution in [3.8, 4) is 0 Å². The second-order valence-electron chi connectivity index (χ2n) is 7.28. The van der Waals surface area contributed by atoms with E-state index in [0.717, 1.165) is 15.8 Å². The van der Waals surface area contributed by atoms with Gasteiger partial charge in [0.05, 0.1) is 21.7 Å². The maximum Gasteiger partial charge on any atom is 0.279 e. The molecule has 0 saturated heterocycles. The van der Waals surface area contributed by atoms with Gasteiger partial charge in [0.15, 0.2) is 4.80 Å². The zero-order chi connectivity index (χ0) is 24.2. The number of carbonyl (C=O) groups excluding carboxylic acids is 1. The van der Waals surface area contributed by atoms with E-state index in [1.54, 1.807) is 13.8 Å². The highest BCUT2D eigenvalue weighted by molar-refractivity contribution is 7.89. The lowest BCUT2D eigenvalue weighted by molar-refractivity contribution is 0.0996. The van der Waals surface area contributed by atoms with Crippen LogP contribution in [0.25, 0.3) is 10.2 Å². The average Bonchev–Trinajstić information content (AvgIpc) is 3.15. The lowest BCUT2D eigenvalue weighted by Gasteiger charge is -2.18. The Kier molecular flexibility index (Phi) is 8.47. The number of thiazole rings is 1. The van der Waals surface area contributed by atoms with Crippen molar-refractivity contribution in [3.05, 3.63) is 57.3 Å². The van der Waals surface area contributed by atoms with Gasteiger partial charge in [-0.15, -0.1) is 0 Å². The molecule has 0 aliphatic heterocycles. The molecule has 0 fully saturated rings. The lowest BCUT2D eigenvalue weighted by atomic mass is 10.2. The molecular formula is C23H28ClN3O4S2. The Morgan fingerprint density at radius 2 is 1.79 bits per heavy atom. The van der Waals surface area contributed by atoms with Crippen molar-refractivity contribution in [2.45, 2.75) is 39.1 Å². The van der Waals surface area contributed by atoms with E-state index in [9.17, 15) is 13.2 Å². The number of carbonyl (C=O) groups is 1. The van der Waals surface area contributed by atoms with E-state index in [0.29, 0.717) is 48.2 Å². The molecule has 0 aliphatic rings. The van der Waals surface area contributed by atoms with E-state index in [1.165, 1.54) is 39.9 Å². The number of amides is 1. The Morgan fingerprint density at radius 3 is 2.39 bits per heavy atom. The number of fused-ring (bicyclic) bond motifs is 1. The summed E-state index contributed by atoms with van der Waals surface area (Å²) in [4.78, 5) is 18.0. The lowest BCUT2D eigenvalue weighted by Crippen LogP contribution is -2.30. The van der Waals surface area contributed by atoms with Gasteiger partial charge in [-0.25, -0.2) is 8.42 Å². The zero-order valence-corrected chi connectivity index (χ0v) is 21.6. The molecule has 7 nitrogen and oxygen atoms in total. The third-order valence-electron chi connectivity index (χ3n) is 5.33. The summed E-state index contributed by atoms with van der Waals surface area (Å²) in [5.74, 6) is -0.442. The van der Waals surface area contributed by atoms with Gasteiger partial charge in [-0.2, -0.15) is 9.30 Å². The number of halogens is 1. The van der Waals surface area contributed by atoms with Gasteiger partial charge >= 0.3 is 0 Å². The van der Waals surface area contributed by atoms with Gasteiger partial charge in [0, 0.05) is 36.8 Å². The minimum absolute atomic E-state index is 0.154. The van der Waals surface area contributed by atoms with Crippen LogP contribution in [0.2, 0.25) is 5.02 Å². The summed E-state index contributed by atoms with van der Waals surface area (Å²) in [6.45, 7) is 9.81. The molecule has 1 amide bonds. The van der Waals surface area contributed by atoms with Crippen LogP contribution in [0.5, 0.6) is 0 Å². The quantitative estimate of drug-likeness (QED) is 0.398. The van der Waals surface area contributed by atoms with Crippen molar-refractivity contribution in [1.29, 1.82) is 0 Å². The number of sulfonamides is 1. The first kappa shape index (κ1) is 25.6. The molecule has 0 unspecified atom stereocenters. The molecule has 33 heavy (non-hydrogen) atoms. The molecule has 0 atom stereocenters. The van der Waals surface area contributed by atoms with Crippen LogP contribution in [-0.4, -0.2) is 49.5 Å². The highest BCUT2D eigenvalue weighted by Gasteiger charge is 2.21. The Labute approximate surface area is 203 Å². The molecule has 0 bridgehead atoms. The summed E-state index contributed by atoms with van der Waals surface area (Å²) in [6.07, 6.45) is 0. The molecular weight excluding hydrogens is 482 g/mol. The number of nitrogens with zero attached hydrogens (tertiary/aromatic N) is 3. The standard InChI is InChI=1S/C23H28ClN3O4S2/c1-5-26(6-2)33(29,30)18-10-8-17(9-11-18)22(28)25-23-27(14-15-31-7-3)21-16(4)19(24)12-13-20(21)32-23/h8-13H,5-7,14-15H2,1-4H3. The summed E-state index contributed by atoms with van der Waals surface area (Å²) in [7, 11) is -3.59. The third kappa shape index (κ3) is 5.38. The third-order valence-corrected chi connectivity index (χ3v) is 8.85. The van der Waals surface area contributed by atoms with Gasteiger partial charge in [-0.05, 0) is 55.8 Å². The molecule has 1 aromatic heterocycles. The van der Waals surface area contributed by atoms with Gasteiger partial charge < -0.3 is 9.30 Å². The van der Waals surface area contributed by atoms with E-state index in [4.69, 9.17) is 16.3 Å². The number of aromatic nitrogens is 1. The maximum atomic E-state index is 12.9. The summed E-state index contributed by atoms with van der Waals surface area (Å²) in [5, 5.41) is 0.647. The molecule has 1 heterocycles. The predicted octanol–water partition coefficient (Wildman–Crippen LogP) is 4.47. The van der Waals surface area contributed by atoms with Crippen LogP contribution in [0, 0.1) is 6.92 Å². The van der Waals surface area contributed by atoms with Gasteiger partial charge in [-0.3, -0.25) is 4.79 Å². The van der Waals surface area contributed by atoms with E-state index in [1.807, 2.05) is 30.5 Å². The summed E-state index contributed by atoms with van der Waals surface area (Å²) in [6, 6.07) is 9.67. The summed E-state index contributed by atoms with van der Waals surface area (Å²) >= 11 is 7.74. The monoisotopic (exact) mass is 509 g/mol. The molecule has 178 valence electrons. The number of hydrogen-bond acceptors (Lipinski definition) is 5. The number of aryl methyl sites for hydroxylation is 1. The fraction of sp³-hybridized carbons (Fsp3) is 0.391. The van der Waals surface area contributed by atoms with Crippen LogP contribution in [0.15, 0.2) is 46.3 Å². The molecule has 0 N–H and O–H groups in total. The molecule has 3 rings (SSSR count). The molecule has 2 aromatic carbocycles. The number of benzene rings is 2. The first-order valence-electron chi connectivity index (χ1n) is 10.8. The maximum absolute atomic E-state index is 12.9. The van der Waals surface area contributed by atoms with Crippen LogP contribution >= 0.6 is 22.9 Å². The SMILES string of the molecule is CCOCCn1c(=NC(=O)c2ccc(S(=O)(=O)N(CC)CC)cc2)sc2ccc(Cl)c(C)c21. The van der Waals surface area contributed by atoms with Crippen molar-refractivity contribution in [2.24, 2.45) is 4.99 Å². The van der Waals surface area contributed by atoms with Crippen molar-refractivity contribution in [2.75, 3.05) is 26.3 Å². The Balaban J connectivity index is 2.01. The van der Waals surface area contributed by atoms with E-state index in [-0.39, 0.29) is 4.90 Å². The minimum Gasteiger partial charge on any atom is -0.380 e. The summed E-state index contributed by atoms with van der Waals surface area (Å²) < 4.78 is 35.2. The van der Waals surface area contributed by atoms with Gasteiger partial charge in [0.2, 0.25) is 10.0 Å². The number of hydrogen-bond donors (Lipinski definition) is 0. The first-order valence-corrected chi connectivity index (χ1v) is 13.4. The van der Waals surface area contributed by atoms with Gasteiger partial charge in [0.25, 0.3) is 5.91 Å². The Bertz CT molecular complexity index is 1310. The van der Waals surface area contributed by atoms with E-state index < -0.39 is 15.9 Å². The topological polar surface area (TPSA) is 81.0 Å². The van der Waals surface area contributed by atoms with Crippen LogP contribution in [-0.2, 0) is 21.3 Å². The molecule has 0 spiro atoms. The van der Waals surface area contributed by atoms with E-state index in [2.05, 4.69) is 4.99 Å². The Hall–Kier alpha value is -2.04. The minimum atomic E-state index is -3.59. The van der Waals surface area contributed by atoms with Crippen molar-refractivity contribution < 1.29 is 17.9 Å². The normalized spacial score (nSPS) is 12.7. The first-order chi connectivity index (χ1) is 15.7. The molecule has 3 aromatic rings. The van der Waals surface area contributed by atoms with Crippen LogP contribution in [0.3, 0.4) is 0 Å². The van der Waals surface area contributed by atoms with Crippen LogP contribution < -0.4 is 4.80 Å². The van der Waals surface area contributed by atoms with Crippen LogP contribution in [0.1, 0.15) is 36.7 Å². The smallest absolute Gasteiger partial charge is 0.279 e. The number of rotatable bonds is 9. The van der Waals surface area contributed by atoms with Crippen molar-refractivity contribution in [3.63, 3.8) is 0 Å². The predicted molar refractivity (Wildman–Crippen MR) is 132 cm³/mol. The molecule has 10 heteroatoms. The second-order valence-corrected chi connectivity index (χ2v) is 10.6. The highest BCUT2D eigenvalue weighted by Crippen LogP contribution is 2.27. The molecule has 0 aliphatic carbocycles. The zero-order valence-electron chi connectivity index (χ0n) is 19.2. The Morgan fingerprint density at radius 1 is 1.12 bits per heavy atom. The molecule has 0 saturated carbocycles.